The summed E-state index contributed by atoms with van der Waals surface area (Å²) in [5, 5.41) is 6.80. The van der Waals surface area contributed by atoms with E-state index in [1.807, 2.05) is 0 Å². The van der Waals surface area contributed by atoms with Gasteiger partial charge in [-0.05, 0) is 0 Å². The number of hydrogen-bond donors (Lipinski definition) is 2. The van der Waals surface area contributed by atoms with E-state index in [9.17, 15) is 18.0 Å². The van der Waals surface area contributed by atoms with E-state index in [-0.39, 0.29) is 6.29 Å². The van der Waals surface area contributed by atoms with Crippen molar-refractivity contribution in [1.82, 2.24) is 0 Å². The molecule has 0 spiro atoms. The first-order chi connectivity index (χ1) is 5.41. The summed E-state index contributed by atoms with van der Waals surface area (Å²) in [6.45, 7) is -0.890. The van der Waals surface area contributed by atoms with Crippen molar-refractivity contribution >= 4 is 22.2 Å². The molecular formula is C5H8O6S. The second kappa shape index (κ2) is 4.29. The van der Waals surface area contributed by atoms with Crippen LogP contribution in [0, 0.1) is 0 Å². The molecule has 0 aromatic heterocycles. The maximum atomic E-state index is 10.4. The molecular weight excluding hydrogens is 188 g/mol. The first kappa shape index (κ1) is 11.2. The summed E-state index contributed by atoms with van der Waals surface area (Å²) in [5.74, 6) is -0.980. The highest BCUT2D eigenvalue weighted by Crippen LogP contribution is 2.02. The van der Waals surface area contributed by atoms with Gasteiger partial charge in [0.15, 0.2) is 12.1 Å². The van der Waals surface area contributed by atoms with E-state index in [4.69, 9.17) is 9.66 Å². The van der Waals surface area contributed by atoms with Gasteiger partial charge in [0, 0.05) is 6.42 Å². The van der Waals surface area contributed by atoms with Crippen LogP contribution in [0.1, 0.15) is 6.42 Å². The molecule has 2 N–H and O–H groups in total. The zero-order valence-electron chi connectivity index (χ0n) is 6.00. The summed E-state index contributed by atoms with van der Waals surface area (Å²) in [5.41, 5.74) is 0. The predicted molar refractivity (Wildman–Crippen MR) is 38.1 cm³/mol. The van der Waals surface area contributed by atoms with Gasteiger partial charge in [-0.25, -0.2) is 0 Å². The van der Waals surface area contributed by atoms with Crippen LogP contribution in [-0.4, -0.2) is 42.0 Å². The summed E-state index contributed by atoms with van der Waals surface area (Å²) in [7, 11) is -4.45. The third-order valence-corrected chi connectivity index (χ3v) is 2.34. The topological polar surface area (TPSA) is 109 Å². The van der Waals surface area contributed by atoms with Gasteiger partial charge in [0.25, 0.3) is 10.1 Å². The molecule has 0 aromatic carbocycles. The van der Waals surface area contributed by atoms with E-state index in [0.717, 1.165) is 0 Å². The molecule has 0 bridgehead atoms. The zero-order chi connectivity index (χ0) is 9.78. The Morgan fingerprint density at radius 3 is 2.25 bits per heavy atom. The van der Waals surface area contributed by atoms with Crippen LogP contribution in [0.25, 0.3) is 0 Å². The molecule has 1 atom stereocenters. The van der Waals surface area contributed by atoms with Gasteiger partial charge in [0.1, 0.15) is 5.25 Å². The van der Waals surface area contributed by atoms with Gasteiger partial charge in [-0.3, -0.25) is 14.1 Å². The number of carbonyl (C=O) groups is 2. The van der Waals surface area contributed by atoms with Crippen LogP contribution >= 0.6 is 0 Å². The molecule has 7 heteroatoms. The van der Waals surface area contributed by atoms with Crippen molar-refractivity contribution in [3.8, 4) is 0 Å². The molecule has 0 rings (SSSR count). The maximum absolute atomic E-state index is 10.4. The molecule has 0 fully saturated rings. The van der Waals surface area contributed by atoms with Crippen LogP contribution in [0.15, 0.2) is 0 Å². The van der Waals surface area contributed by atoms with E-state index < -0.39 is 34.2 Å². The minimum atomic E-state index is -4.45. The van der Waals surface area contributed by atoms with E-state index in [1.165, 1.54) is 0 Å². The Hall–Kier alpha value is -0.790. The quantitative estimate of drug-likeness (QED) is 0.311. The van der Waals surface area contributed by atoms with Crippen LogP contribution in [0.5, 0.6) is 0 Å². The first-order valence-corrected chi connectivity index (χ1v) is 4.47. The molecule has 70 valence electrons. The van der Waals surface area contributed by atoms with Crippen LogP contribution in [-0.2, 0) is 19.7 Å². The minimum absolute atomic E-state index is 0.0617. The van der Waals surface area contributed by atoms with E-state index in [1.54, 1.807) is 0 Å². The fourth-order valence-corrected chi connectivity index (χ4v) is 1.10. The number of rotatable bonds is 5. The first-order valence-electron chi connectivity index (χ1n) is 2.97. The lowest BCUT2D eigenvalue weighted by atomic mass is 10.2. The summed E-state index contributed by atoms with van der Waals surface area (Å²) in [4.78, 5) is 20.1. The van der Waals surface area contributed by atoms with Gasteiger partial charge in [-0.15, -0.1) is 0 Å². The molecule has 0 radical (unpaired) electrons. The Morgan fingerprint density at radius 2 is 2.00 bits per heavy atom. The van der Waals surface area contributed by atoms with Crippen molar-refractivity contribution in [2.75, 3.05) is 6.61 Å². The highest BCUT2D eigenvalue weighted by molar-refractivity contribution is 7.86. The monoisotopic (exact) mass is 196 g/mol. The molecule has 0 aromatic rings. The van der Waals surface area contributed by atoms with Crippen molar-refractivity contribution in [3.63, 3.8) is 0 Å². The van der Waals surface area contributed by atoms with Crippen molar-refractivity contribution in [2.24, 2.45) is 0 Å². The van der Waals surface area contributed by atoms with Crippen molar-refractivity contribution in [1.29, 1.82) is 0 Å². The number of hydrogen-bond acceptors (Lipinski definition) is 5. The minimum Gasteiger partial charge on any atom is -0.395 e. The second-order valence-corrected chi connectivity index (χ2v) is 3.80. The Balaban J connectivity index is 4.40. The lowest BCUT2D eigenvalue weighted by molar-refractivity contribution is -0.129. The van der Waals surface area contributed by atoms with Gasteiger partial charge < -0.3 is 5.11 Å². The third kappa shape index (κ3) is 3.56. The summed E-state index contributed by atoms with van der Waals surface area (Å²) in [6.07, 6.45) is -0.757. The van der Waals surface area contributed by atoms with Crippen LogP contribution in [0.3, 0.4) is 0 Å². The lowest BCUT2D eigenvalue weighted by Gasteiger charge is -2.06. The molecule has 0 saturated heterocycles. The molecule has 0 aliphatic carbocycles. The second-order valence-electron chi connectivity index (χ2n) is 2.11. The van der Waals surface area contributed by atoms with Crippen molar-refractivity contribution < 1.29 is 27.7 Å². The zero-order valence-corrected chi connectivity index (χ0v) is 6.82. The Labute approximate surface area is 68.9 Å². The molecule has 0 heterocycles. The number of ketones is 1. The summed E-state index contributed by atoms with van der Waals surface area (Å²) in [6, 6.07) is 0. The smallest absolute Gasteiger partial charge is 0.270 e. The largest absolute Gasteiger partial charge is 0.395 e. The number of carbonyl (C=O) groups excluding carboxylic acids is 2. The maximum Gasteiger partial charge on any atom is 0.270 e. The fourth-order valence-electron chi connectivity index (χ4n) is 0.537. The molecule has 1 unspecified atom stereocenters. The normalized spacial score (nSPS) is 13.8. The fraction of sp³-hybridized carbons (Fsp3) is 0.600. The van der Waals surface area contributed by atoms with Crippen LogP contribution in [0.2, 0.25) is 0 Å². The molecule has 12 heavy (non-hydrogen) atoms. The Morgan fingerprint density at radius 1 is 1.50 bits per heavy atom. The third-order valence-electron chi connectivity index (χ3n) is 1.19. The molecule has 0 aliphatic rings. The molecule has 0 amide bonds. The molecule has 6 nitrogen and oxygen atoms in total. The van der Waals surface area contributed by atoms with Gasteiger partial charge in [-0.2, -0.15) is 8.42 Å². The summed E-state index contributed by atoms with van der Waals surface area (Å²) >= 11 is 0. The Kier molecular flexibility index (Phi) is 4.01. The number of Topliss-reactive ketones (excluding diaryl/α,β-unsaturated/α-hetero) is 1. The van der Waals surface area contributed by atoms with E-state index in [2.05, 4.69) is 0 Å². The van der Waals surface area contributed by atoms with Gasteiger partial charge in [-0.1, -0.05) is 0 Å². The highest BCUT2D eigenvalue weighted by Gasteiger charge is 2.24. The van der Waals surface area contributed by atoms with E-state index >= 15 is 0 Å². The number of aliphatic hydroxyl groups excluding tert-OH is 1. The lowest BCUT2D eigenvalue weighted by Crippen LogP contribution is -2.27. The van der Waals surface area contributed by atoms with Crippen LogP contribution < -0.4 is 0 Å². The summed E-state index contributed by atoms with van der Waals surface area (Å²) < 4.78 is 29.0. The van der Waals surface area contributed by atoms with Crippen molar-refractivity contribution in [3.05, 3.63) is 0 Å². The van der Waals surface area contributed by atoms with Gasteiger partial charge >= 0.3 is 0 Å². The van der Waals surface area contributed by atoms with E-state index in [0.29, 0.717) is 0 Å². The highest BCUT2D eigenvalue weighted by atomic mass is 32.2. The SMILES string of the molecule is O=CC(=O)CC(CO)S(=O)(=O)O. The van der Waals surface area contributed by atoms with Gasteiger partial charge in [0.05, 0.1) is 6.61 Å². The number of aliphatic hydroxyl groups is 1. The van der Waals surface area contributed by atoms with Crippen molar-refractivity contribution in [2.45, 2.75) is 11.7 Å². The molecule has 0 saturated carbocycles. The Bertz CT molecular complexity index is 266. The standard InChI is InChI=1S/C5H8O6S/c6-2-4(8)1-5(3-7)12(9,10)11/h2,5,7H,1,3H2,(H,9,10,11). The average Bonchev–Trinajstić information content (AvgIpc) is 1.97. The average molecular weight is 196 g/mol. The number of aldehydes is 1. The van der Waals surface area contributed by atoms with Crippen LogP contribution in [0.4, 0.5) is 0 Å². The van der Waals surface area contributed by atoms with Gasteiger partial charge in [0.2, 0.25) is 0 Å². The molecule has 0 aliphatic heterocycles. The predicted octanol–water partition coefficient (Wildman–Crippen LogP) is -1.61.